The highest BCUT2D eigenvalue weighted by Crippen LogP contribution is 2.32. The number of benzene rings is 1. The fourth-order valence-electron chi connectivity index (χ4n) is 2.05. The Labute approximate surface area is 108 Å². The molecule has 1 aromatic carbocycles. The van der Waals surface area contributed by atoms with E-state index in [0.717, 1.165) is 37.4 Å². The molecule has 0 unspecified atom stereocenters. The predicted octanol–water partition coefficient (Wildman–Crippen LogP) is 1.28. The van der Waals surface area contributed by atoms with Crippen molar-refractivity contribution in [3.05, 3.63) is 23.3 Å². The second kappa shape index (κ2) is 6.61. The van der Waals surface area contributed by atoms with Gasteiger partial charge in [0.25, 0.3) is 0 Å². The lowest BCUT2D eigenvalue weighted by Crippen LogP contribution is -2.20. The van der Waals surface area contributed by atoms with E-state index in [4.69, 9.17) is 14.6 Å². The average molecular weight is 251 g/mol. The summed E-state index contributed by atoms with van der Waals surface area (Å²) in [6.07, 6.45) is 1.77. The van der Waals surface area contributed by atoms with Crippen LogP contribution in [0.25, 0.3) is 0 Å². The van der Waals surface area contributed by atoms with Gasteiger partial charge in [0.15, 0.2) is 11.5 Å². The maximum atomic E-state index is 8.69. The molecule has 0 fully saturated rings. The Morgan fingerprint density at radius 1 is 1.17 bits per heavy atom. The monoisotopic (exact) mass is 251 g/mol. The van der Waals surface area contributed by atoms with Gasteiger partial charge in [-0.1, -0.05) is 0 Å². The molecule has 0 saturated heterocycles. The molecule has 0 atom stereocenters. The van der Waals surface area contributed by atoms with Crippen molar-refractivity contribution in [3.63, 3.8) is 0 Å². The fourth-order valence-corrected chi connectivity index (χ4v) is 2.05. The number of ether oxygens (including phenoxy) is 2. The number of hydrogen-bond donors (Lipinski definition) is 2. The molecule has 4 nitrogen and oxygen atoms in total. The van der Waals surface area contributed by atoms with Crippen molar-refractivity contribution in [2.75, 3.05) is 32.9 Å². The molecule has 0 spiro atoms. The summed E-state index contributed by atoms with van der Waals surface area (Å²) in [6.45, 7) is 5.39. The Balaban J connectivity index is 1.91. The fraction of sp³-hybridized carbons (Fsp3) is 0.571. The third kappa shape index (κ3) is 3.37. The summed E-state index contributed by atoms with van der Waals surface area (Å²) >= 11 is 0. The van der Waals surface area contributed by atoms with Crippen molar-refractivity contribution in [2.24, 2.45) is 0 Å². The van der Waals surface area contributed by atoms with E-state index in [0.29, 0.717) is 13.2 Å². The summed E-state index contributed by atoms with van der Waals surface area (Å²) in [5, 5.41) is 12.0. The van der Waals surface area contributed by atoms with E-state index in [2.05, 4.69) is 24.4 Å². The summed E-state index contributed by atoms with van der Waals surface area (Å²) in [6, 6.07) is 4.13. The first kappa shape index (κ1) is 13.2. The maximum Gasteiger partial charge on any atom is 0.161 e. The zero-order valence-electron chi connectivity index (χ0n) is 10.9. The Morgan fingerprint density at radius 2 is 1.89 bits per heavy atom. The van der Waals surface area contributed by atoms with E-state index in [-0.39, 0.29) is 6.61 Å². The molecule has 2 N–H and O–H groups in total. The maximum absolute atomic E-state index is 8.69. The van der Waals surface area contributed by atoms with Crippen molar-refractivity contribution >= 4 is 0 Å². The van der Waals surface area contributed by atoms with Crippen molar-refractivity contribution in [3.8, 4) is 11.5 Å². The average Bonchev–Trinajstić information content (AvgIpc) is 2.39. The van der Waals surface area contributed by atoms with Crippen LogP contribution >= 0.6 is 0 Å². The van der Waals surface area contributed by atoms with Crippen LogP contribution < -0.4 is 14.8 Å². The standard InChI is InChI=1S/C14H21NO3/c1-11-9-13-14(18-8-7-17-13)10-12(11)3-5-15-4-2-6-16/h9-10,15-16H,2-8H2,1H3. The van der Waals surface area contributed by atoms with Gasteiger partial charge < -0.3 is 19.9 Å². The van der Waals surface area contributed by atoms with Crippen LogP contribution in [0.4, 0.5) is 0 Å². The van der Waals surface area contributed by atoms with Gasteiger partial charge in [-0.2, -0.15) is 0 Å². The van der Waals surface area contributed by atoms with E-state index < -0.39 is 0 Å². The Kier molecular flexibility index (Phi) is 4.84. The number of aliphatic hydroxyl groups is 1. The van der Waals surface area contributed by atoms with Crippen LogP contribution in [0.2, 0.25) is 0 Å². The van der Waals surface area contributed by atoms with Crippen molar-refractivity contribution in [1.82, 2.24) is 5.32 Å². The largest absolute Gasteiger partial charge is 0.486 e. The zero-order chi connectivity index (χ0) is 12.8. The van der Waals surface area contributed by atoms with Crippen LogP contribution in [0.1, 0.15) is 17.5 Å². The van der Waals surface area contributed by atoms with E-state index in [9.17, 15) is 0 Å². The van der Waals surface area contributed by atoms with Gasteiger partial charge >= 0.3 is 0 Å². The van der Waals surface area contributed by atoms with Crippen molar-refractivity contribution < 1.29 is 14.6 Å². The molecule has 0 aromatic heterocycles. The highest BCUT2D eigenvalue weighted by Gasteiger charge is 2.13. The van der Waals surface area contributed by atoms with Crippen molar-refractivity contribution in [1.29, 1.82) is 0 Å². The highest BCUT2D eigenvalue weighted by molar-refractivity contribution is 5.47. The third-order valence-corrected chi connectivity index (χ3v) is 3.08. The molecular formula is C14H21NO3. The Hall–Kier alpha value is -1.26. The summed E-state index contributed by atoms with van der Waals surface area (Å²) < 4.78 is 11.1. The van der Waals surface area contributed by atoms with Gasteiger partial charge in [0, 0.05) is 6.61 Å². The second-order valence-electron chi connectivity index (χ2n) is 4.50. The van der Waals surface area contributed by atoms with E-state index in [1.165, 1.54) is 11.1 Å². The zero-order valence-corrected chi connectivity index (χ0v) is 10.9. The van der Waals surface area contributed by atoms with Crippen LogP contribution in [0, 0.1) is 6.92 Å². The molecule has 0 aliphatic carbocycles. The number of nitrogens with one attached hydrogen (secondary N) is 1. The van der Waals surface area contributed by atoms with Crippen LogP contribution in [0.3, 0.4) is 0 Å². The molecule has 4 heteroatoms. The minimum atomic E-state index is 0.246. The number of rotatable bonds is 6. The number of aliphatic hydroxyl groups excluding tert-OH is 1. The third-order valence-electron chi connectivity index (χ3n) is 3.08. The second-order valence-corrected chi connectivity index (χ2v) is 4.50. The summed E-state index contributed by atoms with van der Waals surface area (Å²) in [5.74, 6) is 1.72. The highest BCUT2D eigenvalue weighted by atomic mass is 16.6. The number of hydrogen-bond acceptors (Lipinski definition) is 4. The van der Waals surface area contributed by atoms with E-state index in [1.54, 1.807) is 0 Å². The molecule has 0 radical (unpaired) electrons. The minimum Gasteiger partial charge on any atom is -0.486 e. The molecule has 0 saturated carbocycles. The first-order valence-corrected chi connectivity index (χ1v) is 6.52. The quantitative estimate of drug-likeness (QED) is 0.748. The number of fused-ring (bicyclic) bond motifs is 1. The van der Waals surface area contributed by atoms with Crippen molar-refractivity contribution in [2.45, 2.75) is 19.8 Å². The van der Waals surface area contributed by atoms with Gasteiger partial charge in [0.05, 0.1) is 0 Å². The molecule has 0 amide bonds. The summed E-state index contributed by atoms with van der Waals surface area (Å²) in [7, 11) is 0. The molecule has 18 heavy (non-hydrogen) atoms. The lowest BCUT2D eigenvalue weighted by molar-refractivity contribution is 0.171. The van der Waals surface area contributed by atoms with Gasteiger partial charge in [-0.25, -0.2) is 0 Å². The van der Waals surface area contributed by atoms with Crippen LogP contribution in [0.15, 0.2) is 12.1 Å². The first-order chi connectivity index (χ1) is 8.81. The molecule has 2 rings (SSSR count). The Bertz CT molecular complexity index is 393. The normalized spacial score (nSPS) is 13.7. The van der Waals surface area contributed by atoms with Gasteiger partial charge in [-0.3, -0.25) is 0 Å². The lowest BCUT2D eigenvalue weighted by Gasteiger charge is -2.20. The smallest absolute Gasteiger partial charge is 0.161 e. The molecular weight excluding hydrogens is 230 g/mol. The minimum absolute atomic E-state index is 0.246. The van der Waals surface area contributed by atoms with Gasteiger partial charge in [0.2, 0.25) is 0 Å². The molecule has 1 heterocycles. The Morgan fingerprint density at radius 3 is 2.61 bits per heavy atom. The molecule has 1 aromatic rings. The van der Waals surface area contributed by atoms with E-state index >= 15 is 0 Å². The SMILES string of the molecule is Cc1cc2c(cc1CCNCCCO)OCCO2. The van der Waals surface area contributed by atoms with Gasteiger partial charge in [-0.15, -0.1) is 0 Å². The number of aryl methyl sites for hydroxylation is 1. The van der Waals surface area contributed by atoms with Crippen LogP contribution in [-0.4, -0.2) is 38.0 Å². The lowest BCUT2D eigenvalue weighted by atomic mass is 10.0. The first-order valence-electron chi connectivity index (χ1n) is 6.52. The molecule has 1 aliphatic heterocycles. The summed E-state index contributed by atoms with van der Waals surface area (Å²) in [5.41, 5.74) is 2.53. The molecule has 0 bridgehead atoms. The topological polar surface area (TPSA) is 50.7 Å². The molecule has 100 valence electrons. The predicted molar refractivity (Wildman–Crippen MR) is 70.4 cm³/mol. The van der Waals surface area contributed by atoms with Crippen LogP contribution in [-0.2, 0) is 6.42 Å². The van der Waals surface area contributed by atoms with Gasteiger partial charge in [-0.05, 0) is 56.1 Å². The summed E-state index contributed by atoms with van der Waals surface area (Å²) in [4.78, 5) is 0. The van der Waals surface area contributed by atoms with E-state index in [1.807, 2.05) is 0 Å². The molecule has 1 aliphatic rings. The van der Waals surface area contributed by atoms with Crippen LogP contribution in [0.5, 0.6) is 11.5 Å². The van der Waals surface area contributed by atoms with Gasteiger partial charge in [0.1, 0.15) is 13.2 Å².